The van der Waals surface area contributed by atoms with Gasteiger partial charge >= 0.3 is 6.09 Å². The molecule has 1 aromatic heterocycles. The second-order valence-electron chi connectivity index (χ2n) is 9.99. The molecule has 2 fully saturated rings. The molecule has 2 heterocycles. The largest absolute Gasteiger partial charge is 0.453 e. The number of hydrogen-bond acceptors (Lipinski definition) is 7. The number of anilines is 2. The summed E-state index contributed by atoms with van der Waals surface area (Å²) in [6, 6.07) is 14.0. The number of piperazine rings is 1. The smallest absolute Gasteiger partial charge is 0.407 e. The number of alkyl carbamates (subject to hydrolysis) is 1. The lowest BCUT2D eigenvalue weighted by atomic mass is 9.94. The van der Waals surface area contributed by atoms with Gasteiger partial charge in [0.25, 0.3) is 5.91 Å². The second kappa shape index (κ2) is 12.6. The summed E-state index contributed by atoms with van der Waals surface area (Å²) in [7, 11) is 1.31. The highest BCUT2D eigenvalue weighted by Crippen LogP contribution is 2.39. The maximum atomic E-state index is 13.7. The van der Waals surface area contributed by atoms with E-state index in [9.17, 15) is 14.0 Å². The quantitative estimate of drug-likeness (QED) is 0.403. The topological polar surface area (TPSA) is 86.8 Å². The Labute approximate surface area is 232 Å². The highest BCUT2D eigenvalue weighted by atomic mass is 32.1. The Morgan fingerprint density at radius 2 is 1.69 bits per heavy atom. The van der Waals surface area contributed by atoms with Gasteiger partial charge in [-0.25, -0.2) is 14.2 Å². The van der Waals surface area contributed by atoms with Gasteiger partial charge < -0.3 is 15.0 Å². The minimum atomic E-state index is -0.510. The minimum Gasteiger partial charge on any atom is -0.453 e. The molecule has 39 heavy (non-hydrogen) atoms. The Morgan fingerprint density at radius 1 is 1.00 bits per heavy atom. The summed E-state index contributed by atoms with van der Waals surface area (Å²) in [4.78, 5) is 34.1. The van der Waals surface area contributed by atoms with Crippen LogP contribution in [0.1, 0.15) is 48.0 Å². The van der Waals surface area contributed by atoms with E-state index in [4.69, 9.17) is 4.98 Å². The first-order valence-corrected chi connectivity index (χ1v) is 14.3. The van der Waals surface area contributed by atoms with Crippen molar-refractivity contribution in [3.05, 3.63) is 65.5 Å². The van der Waals surface area contributed by atoms with Crippen LogP contribution in [0.2, 0.25) is 0 Å². The zero-order chi connectivity index (χ0) is 27.2. The summed E-state index contributed by atoms with van der Waals surface area (Å²) >= 11 is 1.45. The molecule has 1 saturated heterocycles. The van der Waals surface area contributed by atoms with Gasteiger partial charge in [0.1, 0.15) is 16.5 Å². The number of nitrogens with zero attached hydrogens (tertiary/aromatic N) is 3. The zero-order valence-electron chi connectivity index (χ0n) is 22.1. The van der Waals surface area contributed by atoms with Crippen molar-refractivity contribution in [1.82, 2.24) is 15.2 Å². The number of halogens is 1. The van der Waals surface area contributed by atoms with E-state index in [2.05, 4.69) is 25.2 Å². The molecule has 1 aliphatic heterocycles. The van der Waals surface area contributed by atoms with Gasteiger partial charge in [-0.15, -0.1) is 0 Å². The van der Waals surface area contributed by atoms with Crippen LogP contribution in [0.15, 0.2) is 48.5 Å². The highest BCUT2D eigenvalue weighted by molar-refractivity contribution is 7.20. The van der Waals surface area contributed by atoms with Crippen LogP contribution in [0, 0.1) is 5.82 Å². The van der Waals surface area contributed by atoms with E-state index < -0.39 is 6.09 Å². The molecule has 1 aliphatic carbocycles. The number of methoxy groups -OCH3 is 1. The Balaban J connectivity index is 1.30. The molecule has 0 unspecified atom stereocenters. The van der Waals surface area contributed by atoms with E-state index in [1.54, 1.807) is 36.4 Å². The molecule has 206 valence electrons. The lowest BCUT2D eigenvalue weighted by molar-refractivity contribution is 0.102. The first kappa shape index (κ1) is 27.1. The molecule has 0 spiro atoms. The van der Waals surface area contributed by atoms with Crippen LogP contribution < -0.4 is 15.5 Å². The van der Waals surface area contributed by atoms with E-state index in [1.807, 2.05) is 0 Å². The second-order valence-corrected chi connectivity index (χ2v) is 11.0. The fraction of sp³-hybridized carbons (Fsp3) is 0.414. The van der Waals surface area contributed by atoms with E-state index in [1.165, 1.54) is 62.7 Å². The predicted octanol–water partition coefficient (Wildman–Crippen LogP) is 5.51. The van der Waals surface area contributed by atoms with Crippen LogP contribution in [-0.2, 0) is 11.3 Å². The number of nitrogens with one attached hydrogen (secondary N) is 2. The molecule has 5 rings (SSSR count). The Kier molecular flexibility index (Phi) is 8.73. The first-order chi connectivity index (χ1) is 19.0. The predicted molar refractivity (Wildman–Crippen MR) is 152 cm³/mol. The van der Waals surface area contributed by atoms with Gasteiger partial charge in [0.15, 0.2) is 5.13 Å². The van der Waals surface area contributed by atoms with Crippen LogP contribution in [0.3, 0.4) is 0 Å². The molecule has 3 aromatic rings. The molecular formula is C29H34FN5O3S. The van der Waals surface area contributed by atoms with Crippen molar-refractivity contribution in [2.24, 2.45) is 0 Å². The van der Waals surface area contributed by atoms with Crippen LogP contribution in [0.5, 0.6) is 0 Å². The van der Waals surface area contributed by atoms with Gasteiger partial charge in [-0.05, 0) is 54.8 Å². The van der Waals surface area contributed by atoms with E-state index in [-0.39, 0.29) is 11.7 Å². The number of aromatic nitrogens is 1. The molecular weight excluding hydrogens is 517 g/mol. The Morgan fingerprint density at radius 3 is 2.36 bits per heavy atom. The normalized spacial score (nSPS) is 16.6. The molecule has 0 radical (unpaired) electrons. The van der Waals surface area contributed by atoms with Crippen molar-refractivity contribution < 1.29 is 18.7 Å². The molecule has 1 saturated carbocycles. The Hall–Kier alpha value is -3.50. The average molecular weight is 552 g/mol. The first-order valence-electron chi connectivity index (χ1n) is 13.5. The molecule has 2 amide bonds. The molecule has 0 atom stereocenters. The van der Waals surface area contributed by atoms with Gasteiger partial charge in [0.05, 0.1) is 7.11 Å². The van der Waals surface area contributed by atoms with Gasteiger partial charge in [-0.1, -0.05) is 42.7 Å². The van der Waals surface area contributed by atoms with Crippen LogP contribution in [0.25, 0.3) is 11.3 Å². The third-order valence-corrected chi connectivity index (χ3v) is 8.51. The van der Waals surface area contributed by atoms with E-state index in [0.717, 1.165) is 48.0 Å². The molecule has 10 heteroatoms. The fourth-order valence-corrected chi connectivity index (χ4v) is 6.34. The number of thiazole rings is 1. The van der Waals surface area contributed by atoms with Crippen LogP contribution in [-0.4, -0.2) is 61.2 Å². The number of rotatable bonds is 7. The Bertz CT molecular complexity index is 1270. The maximum absolute atomic E-state index is 13.7. The average Bonchev–Trinajstić information content (AvgIpc) is 3.40. The van der Waals surface area contributed by atoms with Gasteiger partial charge in [0.2, 0.25) is 0 Å². The third-order valence-electron chi connectivity index (χ3n) is 7.48. The number of hydrogen-bond donors (Lipinski definition) is 2. The SMILES string of the molecule is COC(=O)NCc1ccc(C(=O)Nc2nc(-c3ccc(F)cc3)c(N3CCN(C4CCCCC4)CC3)s2)cc1. The van der Waals surface area contributed by atoms with Gasteiger partial charge in [0, 0.05) is 49.9 Å². The van der Waals surface area contributed by atoms with Crippen molar-refractivity contribution in [2.75, 3.05) is 43.5 Å². The van der Waals surface area contributed by atoms with Crippen molar-refractivity contribution in [3.63, 3.8) is 0 Å². The summed E-state index contributed by atoms with van der Waals surface area (Å²) in [5.74, 6) is -0.564. The van der Waals surface area contributed by atoms with E-state index >= 15 is 0 Å². The van der Waals surface area contributed by atoms with Crippen molar-refractivity contribution in [2.45, 2.75) is 44.7 Å². The van der Waals surface area contributed by atoms with Gasteiger partial charge in [-0.3, -0.25) is 15.0 Å². The summed E-state index contributed by atoms with van der Waals surface area (Å²) < 4.78 is 18.2. The van der Waals surface area contributed by atoms with Crippen LogP contribution in [0.4, 0.5) is 19.3 Å². The number of benzene rings is 2. The molecule has 0 bridgehead atoms. The monoisotopic (exact) mass is 551 g/mol. The standard InChI is InChI=1S/C29H34FN5O3S/c1-38-29(37)31-19-20-7-9-22(10-8-20)26(36)33-28-32-25(21-11-13-23(30)14-12-21)27(39-28)35-17-15-34(16-18-35)24-5-3-2-4-6-24/h7-14,24H,2-6,15-19H2,1H3,(H,31,37)(H,32,33,36). The van der Waals surface area contributed by atoms with Crippen LogP contribution >= 0.6 is 11.3 Å². The lowest BCUT2D eigenvalue weighted by Crippen LogP contribution is -2.50. The molecule has 8 nitrogen and oxygen atoms in total. The van der Waals surface area contributed by atoms with Crippen molar-refractivity contribution >= 4 is 33.5 Å². The number of amides is 2. The summed E-state index contributed by atoms with van der Waals surface area (Å²) in [6.07, 6.45) is 6.07. The third kappa shape index (κ3) is 6.75. The zero-order valence-corrected chi connectivity index (χ0v) is 22.9. The minimum absolute atomic E-state index is 0.268. The maximum Gasteiger partial charge on any atom is 0.407 e. The van der Waals surface area contributed by atoms with Gasteiger partial charge in [-0.2, -0.15) is 0 Å². The van der Waals surface area contributed by atoms with E-state index in [0.29, 0.717) is 23.3 Å². The number of ether oxygens (including phenoxy) is 1. The number of carbonyl (C=O) groups is 2. The highest BCUT2D eigenvalue weighted by Gasteiger charge is 2.28. The molecule has 2 aromatic carbocycles. The number of carbonyl (C=O) groups excluding carboxylic acids is 2. The summed E-state index contributed by atoms with van der Waals surface area (Å²) in [5.41, 5.74) is 2.91. The van der Waals surface area contributed by atoms with Crippen molar-refractivity contribution in [3.8, 4) is 11.3 Å². The lowest BCUT2D eigenvalue weighted by Gasteiger charge is -2.41. The molecule has 2 N–H and O–H groups in total. The summed E-state index contributed by atoms with van der Waals surface area (Å²) in [5, 5.41) is 7.05. The summed E-state index contributed by atoms with van der Waals surface area (Å²) in [6.45, 7) is 4.09. The fourth-order valence-electron chi connectivity index (χ4n) is 5.30. The molecule has 2 aliphatic rings. The van der Waals surface area contributed by atoms with Crippen molar-refractivity contribution in [1.29, 1.82) is 0 Å².